The average Bonchev–Trinajstić information content (AvgIpc) is 2.18. The summed E-state index contributed by atoms with van der Waals surface area (Å²) in [5.41, 5.74) is 0. The molecule has 1 aromatic carbocycles. The van der Waals surface area contributed by atoms with E-state index in [0.717, 1.165) is 0 Å². The van der Waals surface area contributed by atoms with Crippen molar-refractivity contribution in [3.63, 3.8) is 0 Å². The van der Waals surface area contributed by atoms with Crippen molar-refractivity contribution in [1.29, 1.82) is 0 Å². The summed E-state index contributed by atoms with van der Waals surface area (Å²) in [5.74, 6) is -0.998. The maximum atomic E-state index is 11.3. The Morgan fingerprint density at radius 1 is 1.47 bits per heavy atom. The molecule has 0 atom stereocenters. The van der Waals surface area contributed by atoms with Gasteiger partial charge in [-0.3, -0.25) is 4.79 Å². The van der Waals surface area contributed by atoms with Gasteiger partial charge in [0, 0.05) is 15.2 Å². The van der Waals surface area contributed by atoms with Crippen LogP contribution in [0.5, 0.6) is 5.75 Å². The Morgan fingerprint density at radius 2 is 2.12 bits per heavy atom. The highest BCUT2D eigenvalue weighted by molar-refractivity contribution is 9.10. The molecule has 1 N–H and O–H groups in total. The molecule has 5 nitrogen and oxygen atoms in total. The van der Waals surface area contributed by atoms with Crippen LogP contribution in [0.4, 0.5) is 0 Å². The number of carboxylic acids is 1. The maximum Gasteiger partial charge on any atom is 0.306 e. The van der Waals surface area contributed by atoms with E-state index in [0.29, 0.717) is 4.47 Å². The zero-order chi connectivity index (χ0) is 13.1. The first-order valence-corrected chi connectivity index (χ1v) is 7.50. The molecule has 0 spiro atoms. The van der Waals surface area contributed by atoms with E-state index in [1.807, 2.05) is 0 Å². The monoisotopic (exact) mass is 342 g/mol. The van der Waals surface area contributed by atoms with Gasteiger partial charge in [-0.25, -0.2) is 8.42 Å². The van der Waals surface area contributed by atoms with Gasteiger partial charge in [-0.15, -0.1) is 0 Å². The number of halogens is 2. The van der Waals surface area contributed by atoms with Crippen LogP contribution >= 0.6 is 26.6 Å². The van der Waals surface area contributed by atoms with Gasteiger partial charge in [-0.05, 0) is 18.2 Å². The van der Waals surface area contributed by atoms with Crippen LogP contribution < -0.4 is 4.74 Å². The third kappa shape index (κ3) is 4.53. The Bertz CT molecular complexity index is 528. The van der Waals surface area contributed by atoms with Gasteiger partial charge < -0.3 is 9.84 Å². The number of hydrogen-bond donors (Lipinski definition) is 1. The molecule has 0 aliphatic carbocycles. The summed E-state index contributed by atoms with van der Waals surface area (Å²) in [6.45, 7) is -0.129. The van der Waals surface area contributed by atoms with Gasteiger partial charge in [0.25, 0.3) is 9.05 Å². The SMILES string of the molecule is O=C(O)CCOc1ccc(Br)cc1S(=O)(=O)Cl. The molecule has 0 fully saturated rings. The fourth-order valence-corrected chi connectivity index (χ4v) is 2.55. The lowest BCUT2D eigenvalue weighted by Crippen LogP contribution is -2.06. The molecule has 0 bridgehead atoms. The molecule has 0 saturated heterocycles. The number of ether oxygens (including phenoxy) is 1. The second-order valence-electron chi connectivity index (χ2n) is 3.02. The molecular weight excluding hydrogens is 336 g/mol. The number of aliphatic carboxylic acids is 1. The summed E-state index contributed by atoms with van der Waals surface area (Å²) in [5, 5.41) is 8.43. The fourth-order valence-electron chi connectivity index (χ4n) is 1.04. The van der Waals surface area contributed by atoms with Crippen molar-refractivity contribution < 1.29 is 23.1 Å². The van der Waals surface area contributed by atoms with Crippen LogP contribution in [0.3, 0.4) is 0 Å². The van der Waals surface area contributed by atoms with E-state index >= 15 is 0 Å². The molecule has 8 heteroatoms. The lowest BCUT2D eigenvalue weighted by atomic mass is 10.3. The van der Waals surface area contributed by atoms with Crippen LogP contribution in [-0.2, 0) is 13.8 Å². The number of hydrogen-bond acceptors (Lipinski definition) is 4. The first kappa shape index (κ1) is 14.3. The van der Waals surface area contributed by atoms with Crippen molar-refractivity contribution in [3.05, 3.63) is 22.7 Å². The molecule has 17 heavy (non-hydrogen) atoms. The number of carbonyl (C=O) groups is 1. The van der Waals surface area contributed by atoms with Crippen LogP contribution in [0.2, 0.25) is 0 Å². The van der Waals surface area contributed by atoms with Gasteiger partial charge in [-0.1, -0.05) is 15.9 Å². The summed E-state index contributed by atoms with van der Waals surface area (Å²) in [6.07, 6.45) is -0.224. The molecular formula is C9H8BrClO5S. The van der Waals surface area contributed by atoms with Crippen LogP contribution in [-0.4, -0.2) is 26.1 Å². The summed E-state index contributed by atoms with van der Waals surface area (Å²) < 4.78 is 28.1. The molecule has 0 amide bonds. The Kier molecular flexibility index (Phi) is 4.79. The Balaban J connectivity index is 2.95. The number of rotatable bonds is 5. The number of benzene rings is 1. The zero-order valence-corrected chi connectivity index (χ0v) is 11.5. The topological polar surface area (TPSA) is 80.7 Å². The average molecular weight is 344 g/mol. The van der Waals surface area contributed by atoms with Gasteiger partial charge in [-0.2, -0.15) is 0 Å². The highest BCUT2D eigenvalue weighted by Gasteiger charge is 2.17. The largest absolute Gasteiger partial charge is 0.492 e. The molecule has 0 unspecified atom stereocenters. The molecule has 0 aliphatic rings. The molecule has 0 radical (unpaired) electrons. The lowest BCUT2D eigenvalue weighted by molar-refractivity contribution is -0.137. The minimum Gasteiger partial charge on any atom is -0.492 e. The first-order chi connectivity index (χ1) is 7.80. The summed E-state index contributed by atoms with van der Waals surface area (Å²) in [6, 6.07) is 4.27. The van der Waals surface area contributed by atoms with E-state index in [1.54, 1.807) is 6.07 Å². The molecule has 1 aromatic rings. The van der Waals surface area contributed by atoms with Gasteiger partial charge >= 0.3 is 5.97 Å². The molecule has 0 aliphatic heterocycles. The van der Waals surface area contributed by atoms with Crippen LogP contribution in [0.1, 0.15) is 6.42 Å². The van der Waals surface area contributed by atoms with Crippen LogP contribution in [0.25, 0.3) is 0 Å². The highest BCUT2D eigenvalue weighted by atomic mass is 79.9. The van der Waals surface area contributed by atoms with Gasteiger partial charge in [0.1, 0.15) is 10.6 Å². The molecule has 0 heterocycles. The Morgan fingerprint density at radius 3 is 2.65 bits per heavy atom. The summed E-state index contributed by atoms with van der Waals surface area (Å²) in [7, 11) is 1.30. The molecule has 94 valence electrons. The second kappa shape index (κ2) is 5.70. The smallest absolute Gasteiger partial charge is 0.306 e. The summed E-state index contributed by atoms with van der Waals surface area (Å²) in [4.78, 5) is 10.1. The molecule has 0 saturated carbocycles. The maximum absolute atomic E-state index is 11.3. The fraction of sp³-hybridized carbons (Fsp3) is 0.222. The van der Waals surface area contributed by atoms with Crippen molar-refractivity contribution in [2.45, 2.75) is 11.3 Å². The minimum atomic E-state index is -3.94. The number of carboxylic acid groups (broad SMARTS) is 1. The van der Waals surface area contributed by atoms with Crippen molar-refractivity contribution in [1.82, 2.24) is 0 Å². The summed E-state index contributed by atoms with van der Waals surface area (Å²) >= 11 is 3.11. The third-order valence-corrected chi connectivity index (χ3v) is 3.58. The van der Waals surface area contributed by atoms with E-state index in [2.05, 4.69) is 15.9 Å². The predicted octanol–water partition coefficient (Wildman–Crippen LogP) is 2.23. The van der Waals surface area contributed by atoms with Gasteiger partial charge in [0.15, 0.2) is 0 Å². The van der Waals surface area contributed by atoms with E-state index in [4.69, 9.17) is 20.5 Å². The van der Waals surface area contributed by atoms with Crippen molar-refractivity contribution in [3.8, 4) is 5.75 Å². The van der Waals surface area contributed by atoms with E-state index in [1.165, 1.54) is 12.1 Å². The third-order valence-electron chi connectivity index (χ3n) is 1.74. The molecule has 0 aromatic heterocycles. The Hall–Kier alpha value is -0.790. The molecule has 1 rings (SSSR count). The van der Waals surface area contributed by atoms with E-state index < -0.39 is 15.0 Å². The zero-order valence-electron chi connectivity index (χ0n) is 8.39. The predicted molar refractivity (Wildman–Crippen MR) is 64.9 cm³/mol. The van der Waals surface area contributed by atoms with Crippen LogP contribution in [0, 0.1) is 0 Å². The quantitative estimate of drug-likeness (QED) is 0.829. The first-order valence-electron chi connectivity index (χ1n) is 4.39. The Labute approximate surface area is 111 Å². The van der Waals surface area contributed by atoms with E-state index in [9.17, 15) is 13.2 Å². The van der Waals surface area contributed by atoms with Gasteiger partial charge in [0.05, 0.1) is 13.0 Å². The van der Waals surface area contributed by atoms with Crippen molar-refractivity contribution in [2.75, 3.05) is 6.61 Å². The minimum absolute atomic E-state index is 0.0319. The highest BCUT2D eigenvalue weighted by Crippen LogP contribution is 2.30. The standard InChI is InChI=1S/C9H8BrClO5S/c10-6-1-2-7(16-4-3-9(12)13)8(5-6)17(11,14)15/h1-2,5H,3-4H2,(H,12,13). The van der Waals surface area contributed by atoms with Gasteiger partial charge in [0.2, 0.25) is 0 Å². The lowest BCUT2D eigenvalue weighted by Gasteiger charge is -2.08. The second-order valence-corrected chi connectivity index (χ2v) is 6.47. The van der Waals surface area contributed by atoms with E-state index in [-0.39, 0.29) is 23.7 Å². The van der Waals surface area contributed by atoms with Crippen LogP contribution in [0.15, 0.2) is 27.6 Å². The normalized spacial score (nSPS) is 11.2. The van der Waals surface area contributed by atoms with Crippen molar-refractivity contribution >= 4 is 41.6 Å². The van der Waals surface area contributed by atoms with Crippen molar-refractivity contribution in [2.24, 2.45) is 0 Å².